The molecule has 3 amide bonds. The molecule has 2 aromatic carbocycles. The van der Waals surface area contributed by atoms with E-state index in [-0.39, 0.29) is 30.1 Å². The number of nitrogens with zero attached hydrogens (tertiary/aromatic N) is 3. The van der Waals surface area contributed by atoms with E-state index in [1.54, 1.807) is 16.7 Å². The number of thioether (sulfide) groups is 1. The van der Waals surface area contributed by atoms with Gasteiger partial charge in [-0.05, 0) is 30.5 Å². The number of para-hydroxylation sites is 1. The summed E-state index contributed by atoms with van der Waals surface area (Å²) in [6.45, 7) is 4.63. The number of anilines is 1. The van der Waals surface area contributed by atoms with Crippen LogP contribution in [0.4, 0.5) is 5.69 Å². The first-order valence-electron chi connectivity index (χ1n) is 11.3. The lowest BCUT2D eigenvalue weighted by molar-refractivity contribution is -0.126. The fourth-order valence-corrected chi connectivity index (χ4v) is 4.98. The molecule has 2 aromatic rings. The van der Waals surface area contributed by atoms with Crippen molar-refractivity contribution in [3.8, 4) is 0 Å². The van der Waals surface area contributed by atoms with Gasteiger partial charge in [0.1, 0.15) is 0 Å². The van der Waals surface area contributed by atoms with Crippen LogP contribution in [0, 0.1) is 5.92 Å². The highest BCUT2D eigenvalue weighted by molar-refractivity contribution is 7.98. The Bertz CT molecular complexity index is 992. The predicted molar refractivity (Wildman–Crippen MR) is 130 cm³/mol. The summed E-state index contributed by atoms with van der Waals surface area (Å²) < 4.78 is 0. The molecule has 1 unspecified atom stereocenters. The fourth-order valence-electron chi connectivity index (χ4n) is 4.39. The van der Waals surface area contributed by atoms with E-state index in [1.807, 2.05) is 65.8 Å². The predicted octanol–water partition coefficient (Wildman–Crippen LogP) is 2.34. The van der Waals surface area contributed by atoms with Crippen LogP contribution >= 0.6 is 11.8 Å². The molecule has 8 heteroatoms. The molecule has 4 rings (SSSR count). The minimum Gasteiger partial charge on any atom is -0.355 e. The van der Waals surface area contributed by atoms with Crippen LogP contribution in [0.1, 0.15) is 16.8 Å². The zero-order chi connectivity index (χ0) is 23.2. The molecule has 0 aromatic heterocycles. The molecule has 2 heterocycles. The Morgan fingerprint density at radius 2 is 1.70 bits per heavy atom. The molecule has 0 radical (unpaired) electrons. The van der Waals surface area contributed by atoms with Crippen LogP contribution in [0.2, 0.25) is 0 Å². The summed E-state index contributed by atoms with van der Waals surface area (Å²) >= 11 is 1.59. The zero-order valence-corrected chi connectivity index (χ0v) is 19.7. The van der Waals surface area contributed by atoms with E-state index >= 15 is 0 Å². The van der Waals surface area contributed by atoms with E-state index in [2.05, 4.69) is 10.2 Å². The van der Waals surface area contributed by atoms with Gasteiger partial charge in [-0.15, -0.1) is 11.8 Å². The molecule has 2 fully saturated rings. The van der Waals surface area contributed by atoms with Crippen molar-refractivity contribution in [1.82, 2.24) is 15.1 Å². The first-order valence-corrected chi connectivity index (χ1v) is 12.6. The molecule has 7 nitrogen and oxygen atoms in total. The molecule has 1 N–H and O–H groups in total. The molecule has 0 saturated carbocycles. The van der Waals surface area contributed by atoms with Crippen molar-refractivity contribution in [3.05, 3.63) is 60.2 Å². The van der Waals surface area contributed by atoms with Gasteiger partial charge in [-0.25, -0.2) is 0 Å². The molecule has 0 bridgehead atoms. The summed E-state index contributed by atoms with van der Waals surface area (Å²) in [5, 5.41) is 3.00. The van der Waals surface area contributed by atoms with Gasteiger partial charge in [-0.3, -0.25) is 19.3 Å². The smallest absolute Gasteiger partial charge is 0.255 e. The van der Waals surface area contributed by atoms with Crippen molar-refractivity contribution < 1.29 is 14.4 Å². The van der Waals surface area contributed by atoms with Gasteiger partial charge in [-0.2, -0.15) is 0 Å². The average molecular weight is 467 g/mol. The third-order valence-corrected chi connectivity index (χ3v) is 7.08. The Hall–Kier alpha value is -2.84. The Morgan fingerprint density at radius 1 is 1.00 bits per heavy atom. The highest BCUT2D eigenvalue weighted by Gasteiger charge is 2.35. The lowest BCUT2D eigenvalue weighted by Crippen LogP contribution is -2.50. The van der Waals surface area contributed by atoms with Gasteiger partial charge < -0.3 is 15.1 Å². The van der Waals surface area contributed by atoms with Gasteiger partial charge in [-0.1, -0.05) is 30.3 Å². The molecule has 174 valence electrons. The van der Waals surface area contributed by atoms with E-state index in [9.17, 15) is 14.4 Å². The van der Waals surface area contributed by atoms with Crippen molar-refractivity contribution in [1.29, 1.82) is 0 Å². The summed E-state index contributed by atoms with van der Waals surface area (Å²) in [6, 6.07) is 17.2. The van der Waals surface area contributed by atoms with E-state index in [1.165, 1.54) is 0 Å². The van der Waals surface area contributed by atoms with Crippen molar-refractivity contribution in [2.75, 3.05) is 57.0 Å². The van der Waals surface area contributed by atoms with Crippen LogP contribution in [0.15, 0.2) is 59.5 Å². The molecular weight excluding hydrogens is 436 g/mol. The Kier molecular flexibility index (Phi) is 7.67. The SMILES string of the molecule is CSc1ccccc1C(=O)N1CCN(CCNC(=O)C2CC(=O)N(c3ccccc3)C2)CC1. The number of carbonyl (C=O) groups excluding carboxylic acids is 3. The van der Waals surface area contributed by atoms with E-state index < -0.39 is 0 Å². The summed E-state index contributed by atoms with van der Waals surface area (Å²) in [5.41, 5.74) is 1.60. The normalized spacial score (nSPS) is 19.1. The molecule has 2 aliphatic heterocycles. The number of rotatable bonds is 7. The van der Waals surface area contributed by atoms with Crippen molar-refractivity contribution in [2.45, 2.75) is 11.3 Å². The maximum atomic E-state index is 12.9. The number of piperazine rings is 1. The lowest BCUT2D eigenvalue weighted by atomic mass is 10.1. The Morgan fingerprint density at radius 3 is 2.42 bits per heavy atom. The first-order chi connectivity index (χ1) is 16.1. The van der Waals surface area contributed by atoms with Crippen LogP contribution in [0.5, 0.6) is 0 Å². The van der Waals surface area contributed by atoms with Gasteiger partial charge in [0.25, 0.3) is 5.91 Å². The highest BCUT2D eigenvalue weighted by Crippen LogP contribution is 2.25. The summed E-state index contributed by atoms with van der Waals surface area (Å²) in [5.74, 6) is -0.306. The number of nitrogens with one attached hydrogen (secondary N) is 1. The number of hydrogen-bond donors (Lipinski definition) is 1. The van der Waals surface area contributed by atoms with Crippen molar-refractivity contribution in [3.63, 3.8) is 0 Å². The van der Waals surface area contributed by atoms with Crippen LogP contribution in [-0.2, 0) is 9.59 Å². The monoisotopic (exact) mass is 466 g/mol. The van der Waals surface area contributed by atoms with Crippen LogP contribution in [0.25, 0.3) is 0 Å². The molecule has 0 spiro atoms. The van der Waals surface area contributed by atoms with Gasteiger partial charge in [0, 0.05) is 62.8 Å². The van der Waals surface area contributed by atoms with Gasteiger partial charge in [0.2, 0.25) is 11.8 Å². The number of carbonyl (C=O) groups is 3. The quantitative estimate of drug-likeness (QED) is 0.634. The topological polar surface area (TPSA) is 73.0 Å². The van der Waals surface area contributed by atoms with Crippen LogP contribution in [-0.4, -0.2) is 79.6 Å². The van der Waals surface area contributed by atoms with Gasteiger partial charge in [0.15, 0.2) is 0 Å². The van der Waals surface area contributed by atoms with Crippen LogP contribution < -0.4 is 10.2 Å². The minimum absolute atomic E-state index is 0.00909. The van der Waals surface area contributed by atoms with Crippen molar-refractivity contribution >= 4 is 35.2 Å². The minimum atomic E-state index is -0.316. The summed E-state index contributed by atoms with van der Waals surface area (Å²) in [7, 11) is 0. The first kappa shape index (κ1) is 23.3. The largest absolute Gasteiger partial charge is 0.355 e. The van der Waals surface area contributed by atoms with Crippen molar-refractivity contribution in [2.24, 2.45) is 5.92 Å². The van der Waals surface area contributed by atoms with E-state index in [4.69, 9.17) is 0 Å². The Labute approximate surface area is 199 Å². The second-order valence-corrected chi connectivity index (χ2v) is 9.21. The molecule has 2 saturated heterocycles. The zero-order valence-electron chi connectivity index (χ0n) is 18.9. The molecule has 33 heavy (non-hydrogen) atoms. The maximum Gasteiger partial charge on any atom is 0.255 e. The summed E-state index contributed by atoms with van der Waals surface area (Å²) in [4.78, 5) is 44.7. The summed E-state index contributed by atoms with van der Waals surface area (Å²) in [6.07, 6.45) is 2.23. The second-order valence-electron chi connectivity index (χ2n) is 8.37. The number of amides is 3. The standard InChI is InChI=1S/C25H30N4O3S/c1-33-22-10-6-5-9-21(22)25(32)28-15-13-27(14-16-28)12-11-26-24(31)19-17-23(30)29(18-19)20-7-3-2-4-8-20/h2-10,19H,11-18H2,1H3,(H,26,31). The molecule has 2 aliphatic rings. The Balaban J connectivity index is 1.19. The third kappa shape index (κ3) is 5.57. The molecule has 1 atom stereocenters. The number of benzene rings is 2. The molecular formula is C25H30N4O3S. The molecule has 0 aliphatic carbocycles. The van der Waals surface area contributed by atoms with Crippen LogP contribution in [0.3, 0.4) is 0 Å². The average Bonchev–Trinajstić information content (AvgIpc) is 3.26. The fraction of sp³-hybridized carbons (Fsp3) is 0.400. The third-order valence-electron chi connectivity index (χ3n) is 6.29. The highest BCUT2D eigenvalue weighted by atomic mass is 32.2. The van der Waals surface area contributed by atoms with E-state index in [0.29, 0.717) is 26.2 Å². The van der Waals surface area contributed by atoms with E-state index in [0.717, 1.165) is 35.8 Å². The second kappa shape index (κ2) is 10.9. The number of hydrogen-bond acceptors (Lipinski definition) is 5. The van der Waals surface area contributed by atoms with Gasteiger partial charge in [0.05, 0.1) is 11.5 Å². The van der Waals surface area contributed by atoms with Gasteiger partial charge >= 0.3 is 0 Å². The maximum absolute atomic E-state index is 12.9. The lowest BCUT2D eigenvalue weighted by Gasteiger charge is -2.35.